The van der Waals surface area contributed by atoms with Gasteiger partial charge in [0.15, 0.2) is 6.29 Å². The van der Waals surface area contributed by atoms with E-state index in [1.807, 2.05) is 4.90 Å². The number of amides is 2. The van der Waals surface area contributed by atoms with Crippen LogP contribution in [-0.4, -0.2) is 53.0 Å². The van der Waals surface area contributed by atoms with Crippen molar-refractivity contribution in [2.45, 2.75) is 6.17 Å². The van der Waals surface area contributed by atoms with Crippen molar-refractivity contribution in [2.24, 2.45) is 0 Å². The summed E-state index contributed by atoms with van der Waals surface area (Å²) in [5.41, 5.74) is 3.83. The molecule has 1 saturated heterocycles. The van der Waals surface area contributed by atoms with Crippen molar-refractivity contribution < 1.29 is 14.0 Å². The normalized spacial score (nSPS) is 16.2. The van der Waals surface area contributed by atoms with E-state index in [2.05, 4.69) is 10.7 Å². The van der Waals surface area contributed by atoms with Crippen molar-refractivity contribution in [2.75, 3.05) is 31.5 Å². The van der Waals surface area contributed by atoms with Crippen molar-refractivity contribution in [1.29, 1.82) is 0 Å². The van der Waals surface area contributed by atoms with E-state index in [9.17, 15) is 18.8 Å². The minimum absolute atomic E-state index is 0.228. The molecule has 31 heavy (non-hydrogen) atoms. The molecule has 2 aromatic carbocycles. The Morgan fingerprint density at radius 3 is 2.52 bits per heavy atom. The summed E-state index contributed by atoms with van der Waals surface area (Å²) in [4.78, 5) is 38.3. The van der Waals surface area contributed by atoms with Crippen LogP contribution in [0.1, 0.15) is 6.17 Å². The van der Waals surface area contributed by atoms with Gasteiger partial charge in [-0.25, -0.2) is 14.2 Å². The second-order valence-corrected chi connectivity index (χ2v) is 8.43. The highest BCUT2D eigenvalue weighted by Crippen LogP contribution is 2.25. The topological polar surface area (TPSA) is 86.7 Å². The molecule has 1 unspecified atom stereocenters. The van der Waals surface area contributed by atoms with Crippen LogP contribution < -0.4 is 15.6 Å². The molecular formula is C20H19ClFN5O3S. The fourth-order valence-corrected chi connectivity index (χ4v) is 4.56. The van der Waals surface area contributed by atoms with E-state index in [0.29, 0.717) is 42.4 Å². The lowest BCUT2D eigenvalue weighted by Gasteiger charge is -2.37. The predicted molar refractivity (Wildman–Crippen MR) is 118 cm³/mol. The van der Waals surface area contributed by atoms with Crippen LogP contribution in [0.5, 0.6) is 0 Å². The molecule has 0 radical (unpaired) electrons. The van der Waals surface area contributed by atoms with Gasteiger partial charge in [0, 0.05) is 36.9 Å². The molecule has 0 bridgehead atoms. The highest BCUT2D eigenvalue weighted by Gasteiger charge is 2.28. The zero-order chi connectivity index (χ0) is 22.0. The summed E-state index contributed by atoms with van der Waals surface area (Å²) in [5, 5.41) is 4.85. The van der Waals surface area contributed by atoms with E-state index in [1.54, 1.807) is 23.2 Å². The summed E-state index contributed by atoms with van der Waals surface area (Å²) in [6.45, 7) is 1.84. The Labute approximate surface area is 185 Å². The van der Waals surface area contributed by atoms with Crippen molar-refractivity contribution in [3.05, 3.63) is 63.0 Å². The number of fused-ring (bicyclic) bond motifs is 1. The number of hydrogen-bond donors (Lipinski definition) is 2. The lowest BCUT2D eigenvalue weighted by Crippen LogP contribution is -2.56. The minimum atomic E-state index is -0.755. The van der Waals surface area contributed by atoms with Crippen LogP contribution in [0.2, 0.25) is 5.02 Å². The zero-order valence-electron chi connectivity index (χ0n) is 16.3. The zero-order valence-corrected chi connectivity index (χ0v) is 17.8. The van der Waals surface area contributed by atoms with Crippen LogP contribution in [0.15, 0.2) is 47.3 Å². The molecular weight excluding hydrogens is 445 g/mol. The van der Waals surface area contributed by atoms with E-state index in [1.165, 1.54) is 28.8 Å². The van der Waals surface area contributed by atoms with Crippen LogP contribution in [0, 0.1) is 5.82 Å². The summed E-state index contributed by atoms with van der Waals surface area (Å²) >= 11 is 7.15. The molecule has 11 heteroatoms. The molecule has 1 fully saturated rings. The van der Waals surface area contributed by atoms with E-state index in [0.717, 1.165) is 22.3 Å². The number of aldehydes is 1. The molecule has 1 aliphatic rings. The molecule has 0 spiro atoms. The number of carbonyl (C=O) groups is 2. The van der Waals surface area contributed by atoms with Gasteiger partial charge in [-0.3, -0.25) is 24.5 Å². The van der Waals surface area contributed by atoms with Gasteiger partial charge in [-0.1, -0.05) is 22.9 Å². The highest BCUT2D eigenvalue weighted by atomic mass is 35.5. The fraction of sp³-hybridized carbons (Fsp3) is 0.250. The smallest absolute Gasteiger partial charge is 0.307 e. The summed E-state index contributed by atoms with van der Waals surface area (Å²) in [6, 6.07) is 10.2. The highest BCUT2D eigenvalue weighted by molar-refractivity contribution is 7.16. The molecule has 0 aliphatic carbocycles. The van der Waals surface area contributed by atoms with Gasteiger partial charge < -0.3 is 5.32 Å². The number of aromatic nitrogens is 1. The molecule has 0 saturated carbocycles. The Hall–Kier alpha value is -2.79. The maximum absolute atomic E-state index is 13.0. The van der Waals surface area contributed by atoms with Gasteiger partial charge in [0.1, 0.15) is 12.0 Å². The molecule has 162 valence electrons. The molecule has 4 rings (SSSR count). The summed E-state index contributed by atoms with van der Waals surface area (Å²) in [7, 11) is 0. The number of piperazine rings is 1. The second-order valence-electron chi connectivity index (χ2n) is 7.00. The maximum atomic E-state index is 13.0. The van der Waals surface area contributed by atoms with E-state index in [-0.39, 0.29) is 10.7 Å². The minimum Gasteiger partial charge on any atom is -0.307 e. The Bertz CT molecular complexity index is 1160. The van der Waals surface area contributed by atoms with Crippen molar-refractivity contribution in [3.8, 4) is 0 Å². The van der Waals surface area contributed by atoms with Crippen LogP contribution in [0.3, 0.4) is 0 Å². The average molecular weight is 464 g/mol. The van der Waals surface area contributed by atoms with E-state index in [4.69, 9.17) is 11.6 Å². The summed E-state index contributed by atoms with van der Waals surface area (Å²) in [6.07, 6.45) is -0.00591. The molecule has 1 aliphatic heterocycles. The first kappa shape index (κ1) is 21.4. The Morgan fingerprint density at radius 2 is 1.84 bits per heavy atom. The first-order chi connectivity index (χ1) is 14.9. The van der Waals surface area contributed by atoms with Gasteiger partial charge in [-0.05, 0) is 42.5 Å². The standard InChI is InChI=1S/C20H19ClFN5O3S/c21-13-1-6-17-16(11-13)27(20(30)31-17)18(12-28)25-7-9-26(10-8-25)24-19(29)23-15-4-2-14(22)3-5-15/h1-6,11-12,18H,7-10H2,(H2,23,24,29). The van der Waals surface area contributed by atoms with Crippen LogP contribution in [0.4, 0.5) is 14.9 Å². The molecule has 2 heterocycles. The largest absolute Gasteiger partial charge is 0.333 e. The van der Waals surface area contributed by atoms with E-state index >= 15 is 0 Å². The number of anilines is 1. The van der Waals surface area contributed by atoms with Crippen LogP contribution >= 0.6 is 22.9 Å². The number of thiazole rings is 1. The van der Waals surface area contributed by atoms with Gasteiger partial charge in [-0.15, -0.1) is 0 Å². The Kier molecular flexibility index (Phi) is 6.33. The van der Waals surface area contributed by atoms with Crippen molar-refractivity contribution in [1.82, 2.24) is 19.9 Å². The SMILES string of the molecule is O=CC(N1CCN(NC(=O)Nc2ccc(F)cc2)CC1)n1c(=O)sc2ccc(Cl)cc21. The monoisotopic (exact) mass is 463 g/mol. The number of benzene rings is 2. The number of hydrazine groups is 1. The summed E-state index contributed by atoms with van der Waals surface area (Å²) < 4.78 is 15.2. The quantitative estimate of drug-likeness (QED) is 0.568. The molecule has 1 aromatic heterocycles. The average Bonchev–Trinajstić information content (AvgIpc) is 3.07. The third kappa shape index (κ3) is 4.77. The Balaban J connectivity index is 1.40. The van der Waals surface area contributed by atoms with Gasteiger partial charge in [0.2, 0.25) is 0 Å². The van der Waals surface area contributed by atoms with Gasteiger partial charge in [-0.2, -0.15) is 0 Å². The number of urea groups is 1. The number of rotatable bonds is 5. The molecule has 1 atom stereocenters. The van der Waals surface area contributed by atoms with E-state index < -0.39 is 12.2 Å². The lowest BCUT2D eigenvalue weighted by atomic mass is 10.3. The van der Waals surface area contributed by atoms with Gasteiger partial charge >= 0.3 is 10.9 Å². The van der Waals surface area contributed by atoms with Crippen molar-refractivity contribution in [3.63, 3.8) is 0 Å². The third-order valence-corrected chi connectivity index (χ3v) is 6.18. The molecule has 2 amide bonds. The molecule has 2 N–H and O–H groups in total. The molecule has 8 nitrogen and oxygen atoms in total. The number of hydrogen-bond acceptors (Lipinski definition) is 6. The second kappa shape index (κ2) is 9.15. The van der Waals surface area contributed by atoms with Crippen molar-refractivity contribution >= 4 is 51.2 Å². The molecule has 3 aromatic rings. The number of halogens is 2. The van der Waals surface area contributed by atoms with Crippen LogP contribution in [-0.2, 0) is 4.79 Å². The number of nitrogens with one attached hydrogen (secondary N) is 2. The number of nitrogens with zero attached hydrogens (tertiary/aromatic N) is 3. The third-order valence-electron chi connectivity index (χ3n) is 5.01. The summed E-state index contributed by atoms with van der Waals surface area (Å²) in [5.74, 6) is -0.383. The fourth-order valence-electron chi connectivity index (χ4n) is 3.50. The number of carbonyl (C=O) groups excluding carboxylic acids is 2. The lowest BCUT2D eigenvalue weighted by molar-refractivity contribution is -0.116. The van der Waals surface area contributed by atoms with Crippen LogP contribution in [0.25, 0.3) is 10.2 Å². The van der Waals surface area contributed by atoms with Gasteiger partial charge in [0.05, 0.1) is 10.2 Å². The first-order valence-electron chi connectivity index (χ1n) is 9.53. The first-order valence-corrected chi connectivity index (χ1v) is 10.7. The Morgan fingerprint density at radius 1 is 1.13 bits per heavy atom. The maximum Gasteiger partial charge on any atom is 0.333 e. The predicted octanol–water partition coefficient (Wildman–Crippen LogP) is 2.91. The van der Waals surface area contributed by atoms with Gasteiger partial charge in [0.25, 0.3) is 0 Å².